The Morgan fingerprint density at radius 2 is 2.24 bits per heavy atom. The summed E-state index contributed by atoms with van der Waals surface area (Å²) in [5, 5.41) is 13.0. The predicted octanol–water partition coefficient (Wildman–Crippen LogP) is 2.68. The van der Waals surface area contributed by atoms with E-state index < -0.39 is 0 Å². The molecule has 0 amide bonds. The molecule has 3 heteroatoms. The van der Waals surface area contributed by atoms with Crippen LogP contribution >= 0.6 is 0 Å². The molecule has 0 atom stereocenters. The molecule has 3 nitrogen and oxygen atoms in total. The lowest BCUT2D eigenvalue weighted by Gasteiger charge is -2.25. The van der Waals surface area contributed by atoms with Gasteiger partial charge >= 0.3 is 0 Å². The molecule has 1 aromatic rings. The van der Waals surface area contributed by atoms with E-state index in [1.807, 2.05) is 6.07 Å². The van der Waals surface area contributed by atoms with E-state index in [0.29, 0.717) is 5.75 Å². The molecule has 1 aliphatic rings. The molecule has 0 unspecified atom stereocenters. The first-order valence-electron chi connectivity index (χ1n) is 6.36. The van der Waals surface area contributed by atoms with Gasteiger partial charge in [-0.2, -0.15) is 0 Å². The van der Waals surface area contributed by atoms with Gasteiger partial charge in [-0.15, -0.1) is 0 Å². The Balaban J connectivity index is 1.72. The molecule has 0 aliphatic heterocycles. The van der Waals surface area contributed by atoms with E-state index in [-0.39, 0.29) is 5.75 Å². The molecule has 0 spiro atoms. The fourth-order valence-corrected chi connectivity index (χ4v) is 2.17. The molecule has 0 aromatic heterocycles. The number of aromatic hydroxyl groups is 1. The molecule has 1 aliphatic carbocycles. The molecule has 0 bridgehead atoms. The molecule has 1 aromatic carbocycles. The maximum atomic E-state index is 9.63. The van der Waals surface area contributed by atoms with Crippen molar-refractivity contribution in [3.05, 3.63) is 23.8 Å². The van der Waals surface area contributed by atoms with Crippen LogP contribution in [0.25, 0.3) is 0 Å². The zero-order chi connectivity index (χ0) is 12.1. The van der Waals surface area contributed by atoms with Gasteiger partial charge in [0.1, 0.15) is 0 Å². The average molecular weight is 235 g/mol. The molecule has 1 saturated carbocycles. The van der Waals surface area contributed by atoms with Gasteiger partial charge in [-0.25, -0.2) is 0 Å². The number of phenolic OH excluding ortho intramolecular Hbond substituents is 1. The maximum Gasteiger partial charge on any atom is 0.160 e. The standard InChI is InChI=1S/C14H21NO2/c1-17-14-6-5-12(9-13(14)16)10-15-8-7-11-3-2-4-11/h5-6,9,11,15-16H,2-4,7-8,10H2,1H3. The Morgan fingerprint density at radius 1 is 1.41 bits per heavy atom. The normalized spacial score (nSPS) is 15.6. The Kier molecular flexibility index (Phi) is 4.26. The van der Waals surface area contributed by atoms with Crippen LogP contribution in [0.4, 0.5) is 0 Å². The second kappa shape index (κ2) is 5.92. The van der Waals surface area contributed by atoms with E-state index in [4.69, 9.17) is 4.74 Å². The fourth-order valence-electron chi connectivity index (χ4n) is 2.17. The van der Waals surface area contributed by atoms with Crippen molar-refractivity contribution in [2.45, 2.75) is 32.2 Å². The van der Waals surface area contributed by atoms with Gasteiger partial charge in [-0.05, 0) is 36.6 Å². The van der Waals surface area contributed by atoms with Crippen molar-refractivity contribution in [2.24, 2.45) is 5.92 Å². The lowest BCUT2D eigenvalue weighted by atomic mass is 9.83. The van der Waals surface area contributed by atoms with Crippen molar-refractivity contribution in [2.75, 3.05) is 13.7 Å². The van der Waals surface area contributed by atoms with Crippen LogP contribution in [0.3, 0.4) is 0 Å². The van der Waals surface area contributed by atoms with E-state index in [2.05, 4.69) is 5.32 Å². The Hall–Kier alpha value is -1.22. The number of rotatable bonds is 6. The third kappa shape index (κ3) is 3.37. The van der Waals surface area contributed by atoms with E-state index in [1.165, 1.54) is 25.7 Å². The summed E-state index contributed by atoms with van der Waals surface area (Å²) in [5.41, 5.74) is 1.09. The Bertz CT molecular complexity index is 361. The van der Waals surface area contributed by atoms with Crippen molar-refractivity contribution >= 4 is 0 Å². The largest absolute Gasteiger partial charge is 0.504 e. The second-order valence-electron chi connectivity index (χ2n) is 4.77. The van der Waals surface area contributed by atoms with Crippen LogP contribution in [0, 0.1) is 5.92 Å². The highest BCUT2D eigenvalue weighted by Gasteiger charge is 2.16. The lowest BCUT2D eigenvalue weighted by molar-refractivity contribution is 0.292. The van der Waals surface area contributed by atoms with Crippen LogP contribution in [0.5, 0.6) is 11.5 Å². The fraction of sp³-hybridized carbons (Fsp3) is 0.571. The molecule has 1 fully saturated rings. The summed E-state index contributed by atoms with van der Waals surface area (Å²) in [6.07, 6.45) is 5.51. The number of methoxy groups -OCH3 is 1. The minimum atomic E-state index is 0.214. The van der Waals surface area contributed by atoms with E-state index in [1.54, 1.807) is 19.2 Å². The summed E-state index contributed by atoms with van der Waals surface area (Å²) < 4.78 is 5.01. The van der Waals surface area contributed by atoms with E-state index in [0.717, 1.165) is 24.6 Å². The van der Waals surface area contributed by atoms with Gasteiger partial charge in [0.25, 0.3) is 0 Å². The number of hydrogen-bond acceptors (Lipinski definition) is 3. The molecule has 17 heavy (non-hydrogen) atoms. The van der Waals surface area contributed by atoms with Crippen molar-refractivity contribution < 1.29 is 9.84 Å². The molecule has 0 heterocycles. The third-order valence-corrected chi connectivity index (χ3v) is 3.53. The Labute approximate surface area is 103 Å². The summed E-state index contributed by atoms with van der Waals surface area (Å²) in [5.74, 6) is 1.70. The highest BCUT2D eigenvalue weighted by atomic mass is 16.5. The average Bonchev–Trinajstić information content (AvgIpc) is 2.26. The number of nitrogens with one attached hydrogen (secondary N) is 1. The van der Waals surface area contributed by atoms with Gasteiger partial charge in [0.05, 0.1) is 7.11 Å². The molecule has 0 radical (unpaired) electrons. The van der Waals surface area contributed by atoms with Crippen molar-refractivity contribution in [3.8, 4) is 11.5 Å². The molecular formula is C14H21NO2. The van der Waals surface area contributed by atoms with Crippen molar-refractivity contribution in [1.29, 1.82) is 0 Å². The van der Waals surface area contributed by atoms with Crippen molar-refractivity contribution in [1.82, 2.24) is 5.32 Å². The first kappa shape index (κ1) is 12.2. The van der Waals surface area contributed by atoms with Crippen LogP contribution in [0.1, 0.15) is 31.2 Å². The Morgan fingerprint density at radius 3 is 2.82 bits per heavy atom. The lowest BCUT2D eigenvalue weighted by Crippen LogP contribution is -2.21. The molecule has 0 saturated heterocycles. The second-order valence-corrected chi connectivity index (χ2v) is 4.77. The molecular weight excluding hydrogens is 214 g/mol. The summed E-state index contributed by atoms with van der Waals surface area (Å²) in [6.45, 7) is 1.88. The van der Waals surface area contributed by atoms with Gasteiger partial charge in [0, 0.05) is 6.54 Å². The predicted molar refractivity (Wildman–Crippen MR) is 68.3 cm³/mol. The summed E-state index contributed by atoms with van der Waals surface area (Å²) in [7, 11) is 1.56. The highest BCUT2D eigenvalue weighted by Crippen LogP contribution is 2.29. The minimum absolute atomic E-state index is 0.214. The zero-order valence-corrected chi connectivity index (χ0v) is 10.4. The topological polar surface area (TPSA) is 41.5 Å². The van der Waals surface area contributed by atoms with Crippen molar-refractivity contribution in [3.63, 3.8) is 0 Å². The number of benzene rings is 1. The summed E-state index contributed by atoms with van der Waals surface area (Å²) in [6, 6.07) is 5.54. The first-order chi connectivity index (χ1) is 8.29. The maximum absolute atomic E-state index is 9.63. The third-order valence-electron chi connectivity index (χ3n) is 3.53. The number of phenols is 1. The molecule has 2 rings (SSSR count). The van der Waals surface area contributed by atoms with Crippen LogP contribution in [0.15, 0.2) is 18.2 Å². The van der Waals surface area contributed by atoms with Gasteiger partial charge in [-0.1, -0.05) is 25.3 Å². The van der Waals surface area contributed by atoms with Crippen LogP contribution < -0.4 is 10.1 Å². The van der Waals surface area contributed by atoms with E-state index >= 15 is 0 Å². The smallest absolute Gasteiger partial charge is 0.160 e. The van der Waals surface area contributed by atoms with Crippen LogP contribution in [-0.4, -0.2) is 18.8 Å². The van der Waals surface area contributed by atoms with Crippen LogP contribution in [-0.2, 0) is 6.54 Å². The highest BCUT2D eigenvalue weighted by molar-refractivity contribution is 5.41. The zero-order valence-electron chi connectivity index (χ0n) is 10.4. The minimum Gasteiger partial charge on any atom is -0.504 e. The molecule has 94 valence electrons. The van der Waals surface area contributed by atoms with E-state index in [9.17, 15) is 5.11 Å². The van der Waals surface area contributed by atoms with Gasteiger partial charge in [0.2, 0.25) is 0 Å². The van der Waals surface area contributed by atoms with Gasteiger partial charge in [0.15, 0.2) is 11.5 Å². The summed E-state index contributed by atoms with van der Waals surface area (Å²) in [4.78, 5) is 0. The SMILES string of the molecule is COc1ccc(CNCCC2CCC2)cc1O. The number of ether oxygens (including phenoxy) is 1. The molecule has 2 N–H and O–H groups in total. The van der Waals surface area contributed by atoms with Gasteiger partial charge in [-0.3, -0.25) is 0 Å². The first-order valence-corrected chi connectivity index (χ1v) is 6.36. The quantitative estimate of drug-likeness (QED) is 0.745. The number of hydrogen-bond donors (Lipinski definition) is 2. The van der Waals surface area contributed by atoms with Gasteiger partial charge < -0.3 is 15.2 Å². The van der Waals surface area contributed by atoms with Crippen LogP contribution in [0.2, 0.25) is 0 Å². The monoisotopic (exact) mass is 235 g/mol. The summed E-state index contributed by atoms with van der Waals surface area (Å²) >= 11 is 0.